The number of amides is 1. The van der Waals surface area contributed by atoms with Crippen molar-refractivity contribution in [1.29, 1.82) is 0 Å². The van der Waals surface area contributed by atoms with E-state index in [1.54, 1.807) is 0 Å². The average molecular weight is 870 g/mol. The van der Waals surface area contributed by atoms with Crippen molar-refractivity contribution in [2.24, 2.45) is 0 Å². The molecule has 2 atom stereocenters. The fourth-order valence-corrected chi connectivity index (χ4v) is 7.95. The van der Waals surface area contributed by atoms with Gasteiger partial charge in [0.15, 0.2) is 0 Å². The Labute approximate surface area is 385 Å². The molecule has 0 saturated heterocycles. The van der Waals surface area contributed by atoms with Gasteiger partial charge in [0, 0.05) is 12.8 Å². The first kappa shape index (κ1) is 59.8. The second kappa shape index (κ2) is 51.5. The minimum atomic E-state index is -0.699. The first-order valence-corrected chi connectivity index (χ1v) is 26.9. The lowest BCUT2D eigenvalue weighted by Crippen LogP contribution is -2.45. The normalized spacial score (nSPS) is 13.0. The largest absolute Gasteiger partial charge is 0.466 e. The summed E-state index contributed by atoms with van der Waals surface area (Å²) in [6, 6.07) is -0.586. The van der Waals surface area contributed by atoms with Crippen molar-refractivity contribution in [2.45, 2.75) is 283 Å². The highest BCUT2D eigenvalue weighted by molar-refractivity contribution is 5.76. The van der Waals surface area contributed by atoms with Crippen LogP contribution in [0.25, 0.3) is 0 Å². The summed E-state index contributed by atoms with van der Waals surface area (Å²) >= 11 is 0. The van der Waals surface area contributed by atoms with E-state index in [1.165, 1.54) is 173 Å². The molecule has 6 nitrogen and oxygen atoms in total. The highest BCUT2D eigenvalue weighted by Crippen LogP contribution is 2.16. The minimum Gasteiger partial charge on any atom is -0.466 e. The van der Waals surface area contributed by atoms with Crippen LogP contribution >= 0.6 is 0 Å². The molecule has 3 N–H and O–H groups in total. The molecule has 2 unspecified atom stereocenters. The van der Waals surface area contributed by atoms with Crippen LogP contribution in [0.2, 0.25) is 0 Å². The van der Waals surface area contributed by atoms with E-state index >= 15 is 0 Å². The molecule has 62 heavy (non-hydrogen) atoms. The predicted octanol–water partition coefficient (Wildman–Crippen LogP) is 16.2. The van der Waals surface area contributed by atoms with E-state index in [4.69, 9.17) is 4.74 Å². The van der Waals surface area contributed by atoms with Gasteiger partial charge < -0.3 is 20.3 Å². The lowest BCUT2D eigenvalue weighted by Gasteiger charge is -2.22. The quantitative estimate of drug-likeness (QED) is 0.0322. The van der Waals surface area contributed by atoms with Crippen LogP contribution in [-0.4, -0.2) is 47.4 Å². The molecule has 0 saturated carbocycles. The first-order chi connectivity index (χ1) is 30.5. The number of rotatable bonds is 49. The van der Waals surface area contributed by atoms with Gasteiger partial charge in [-0.15, -0.1) is 0 Å². The van der Waals surface area contributed by atoms with Crippen LogP contribution in [0.3, 0.4) is 0 Å². The van der Waals surface area contributed by atoms with Crippen LogP contribution < -0.4 is 5.32 Å². The third-order valence-corrected chi connectivity index (χ3v) is 12.1. The highest BCUT2D eigenvalue weighted by Gasteiger charge is 2.19. The molecule has 0 aromatic rings. The van der Waals surface area contributed by atoms with Gasteiger partial charge in [0.2, 0.25) is 5.91 Å². The second-order valence-corrected chi connectivity index (χ2v) is 18.2. The number of carbonyl (C=O) groups excluding carboxylic acids is 2. The Bertz CT molecular complexity index is 1050. The van der Waals surface area contributed by atoms with Crippen LogP contribution in [0, 0.1) is 0 Å². The number of carbonyl (C=O) groups is 2. The van der Waals surface area contributed by atoms with Crippen molar-refractivity contribution in [3.05, 3.63) is 48.6 Å². The number of unbranched alkanes of at least 4 members (excludes halogenated alkanes) is 30. The molecule has 0 fully saturated rings. The number of allylic oxidation sites excluding steroid dienone is 8. The van der Waals surface area contributed by atoms with Gasteiger partial charge in [-0.3, -0.25) is 9.59 Å². The Balaban J connectivity index is 3.53. The number of aliphatic hydroxyl groups is 2. The van der Waals surface area contributed by atoms with E-state index in [2.05, 4.69) is 61.7 Å². The summed E-state index contributed by atoms with van der Waals surface area (Å²) in [5.41, 5.74) is 0. The summed E-state index contributed by atoms with van der Waals surface area (Å²) in [5.74, 6) is -0.138. The van der Waals surface area contributed by atoms with E-state index in [1.807, 2.05) is 6.08 Å². The Kier molecular flexibility index (Phi) is 49.6. The molecule has 0 aromatic heterocycles. The molecule has 0 aliphatic rings. The molecule has 0 aromatic carbocycles. The van der Waals surface area contributed by atoms with Crippen molar-refractivity contribution < 1.29 is 24.5 Å². The van der Waals surface area contributed by atoms with E-state index < -0.39 is 12.1 Å². The monoisotopic (exact) mass is 870 g/mol. The summed E-state index contributed by atoms with van der Waals surface area (Å²) in [6.07, 6.45) is 63.8. The van der Waals surface area contributed by atoms with Crippen molar-refractivity contribution in [2.75, 3.05) is 13.2 Å². The third kappa shape index (κ3) is 47.3. The zero-order valence-corrected chi connectivity index (χ0v) is 41.1. The predicted molar refractivity (Wildman–Crippen MR) is 269 cm³/mol. The van der Waals surface area contributed by atoms with Gasteiger partial charge in [-0.25, -0.2) is 0 Å². The number of ether oxygens (including phenoxy) is 1. The van der Waals surface area contributed by atoms with Gasteiger partial charge in [-0.2, -0.15) is 0 Å². The third-order valence-electron chi connectivity index (χ3n) is 12.1. The Morgan fingerprint density at radius 2 is 0.823 bits per heavy atom. The maximum absolute atomic E-state index is 12.4. The number of esters is 1. The zero-order valence-electron chi connectivity index (χ0n) is 41.1. The zero-order chi connectivity index (χ0) is 45.1. The lowest BCUT2D eigenvalue weighted by atomic mass is 10.0. The van der Waals surface area contributed by atoms with E-state index in [9.17, 15) is 19.8 Å². The van der Waals surface area contributed by atoms with E-state index in [-0.39, 0.29) is 18.5 Å². The lowest BCUT2D eigenvalue weighted by molar-refractivity contribution is -0.143. The Hall–Kier alpha value is -2.18. The van der Waals surface area contributed by atoms with Gasteiger partial charge >= 0.3 is 5.97 Å². The fraction of sp³-hybridized carbons (Fsp3) is 0.821. The van der Waals surface area contributed by atoms with Crippen molar-refractivity contribution in [1.82, 2.24) is 5.32 Å². The smallest absolute Gasteiger partial charge is 0.305 e. The molecule has 1 amide bonds. The molecule has 0 heterocycles. The van der Waals surface area contributed by atoms with E-state index in [0.29, 0.717) is 32.3 Å². The SMILES string of the molecule is CCCCC/C=C\C/C=C\CCCCCCCCCCCC(=O)OCCCCCCCC/C=C\C/C=C\CCC(=O)NC(CO)C(O)CCCCCCCCCCCCCCC. The number of hydrogen-bond donors (Lipinski definition) is 3. The van der Waals surface area contributed by atoms with Crippen LogP contribution in [0.1, 0.15) is 271 Å². The van der Waals surface area contributed by atoms with Crippen LogP contribution in [0.15, 0.2) is 48.6 Å². The van der Waals surface area contributed by atoms with Crippen LogP contribution in [0.5, 0.6) is 0 Å². The van der Waals surface area contributed by atoms with Gasteiger partial charge in [0.25, 0.3) is 0 Å². The number of aliphatic hydroxyl groups excluding tert-OH is 2. The van der Waals surface area contributed by atoms with Crippen LogP contribution in [-0.2, 0) is 14.3 Å². The summed E-state index contributed by atoms with van der Waals surface area (Å²) in [5, 5.41) is 23.1. The minimum absolute atomic E-state index is 0.0214. The topological polar surface area (TPSA) is 95.9 Å². The molecule has 0 rings (SSSR count). The molecule has 0 radical (unpaired) electrons. The van der Waals surface area contributed by atoms with Crippen molar-refractivity contribution >= 4 is 11.9 Å². The molecule has 0 bridgehead atoms. The Morgan fingerprint density at radius 3 is 1.29 bits per heavy atom. The van der Waals surface area contributed by atoms with Gasteiger partial charge in [0.05, 0.1) is 25.4 Å². The van der Waals surface area contributed by atoms with Gasteiger partial charge in [-0.1, -0.05) is 229 Å². The molecule has 0 aliphatic carbocycles. The highest BCUT2D eigenvalue weighted by atomic mass is 16.5. The van der Waals surface area contributed by atoms with Gasteiger partial charge in [-0.05, 0) is 77.0 Å². The van der Waals surface area contributed by atoms with Crippen molar-refractivity contribution in [3.63, 3.8) is 0 Å². The molecule has 0 spiro atoms. The fourth-order valence-electron chi connectivity index (χ4n) is 7.95. The standard InChI is InChI=1S/C56H103NO5/c1-3-5-7-9-11-13-15-17-18-19-20-21-22-26-30-34-38-42-46-50-56(61)62-51-47-43-39-35-31-27-23-25-29-33-37-41-45-49-55(60)57-53(52-58)54(59)48-44-40-36-32-28-24-16-14-12-10-8-6-4-2/h11,13,17-18,25,29,37,41,53-54,58-59H,3-10,12,14-16,19-24,26-28,30-36,38-40,42-52H2,1-2H3,(H,57,60)/b13-11-,18-17-,29-25-,41-37-. The molecule has 0 aliphatic heterocycles. The van der Waals surface area contributed by atoms with Crippen molar-refractivity contribution in [3.8, 4) is 0 Å². The maximum atomic E-state index is 12.4. The van der Waals surface area contributed by atoms with Gasteiger partial charge in [0.1, 0.15) is 0 Å². The second-order valence-electron chi connectivity index (χ2n) is 18.2. The number of nitrogens with one attached hydrogen (secondary N) is 1. The first-order valence-electron chi connectivity index (χ1n) is 26.9. The average Bonchev–Trinajstić information content (AvgIpc) is 3.27. The Morgan fingerprint density at radius 1 is 0.452 bits per heavy atom. The summed E-state index contributed by atoms with van der Waals surface area (Å²) in [4.78, 5) is 24.5. The molecular weight excluding hydrogens is 767 g/mol. The molecule has 362 valence electrons. The maximum Gasteiger partial charge on any atom is 0.305 e. The number of hydrogen-bond acceptors (Lipinski definition) is 5. The molecule has 6 heteroatoms. The van der Waals surface area contributed by atoms with Crippen LogP contribution in [0.4, 0.5) is 0 Å². The summed E-state index contributed by atoms with van der Waals surface area (Å²) in [7, 11) is 0. The van der Waals surface area contributed by atoms with E-state index in [0.717, 1.165) is 57.8 Å². The summed E-state index contributed by atoms with van der Waals surface area (Å²) < 4.78 is 5.46. The molecular formula is C56H103NO5. The summed E-state index contributed by atoms with van der Waals surface area (Å²) in [6.45, 7) is 4.85.